The molecule has 0 aliphatic heterocycles. The fraction of sp³-hybridized carbons (Fsp3) is 0.0870. The van der Waals surface area contributed by atoms with Gasteiger partial charge in [0.1, 0.15) is 0 Å². The fourth-order valence-electron chi connectivity index (χ4n) is 3.16. The molecule has 9 heteroatoms. The lowest BCUT2D eigenvalue weighted by Gasteiger charge is -2.09. The van der Waals surface area contributed by atoms with Gasteiger partial charge in [0.05, 0.1) is 27.9 Å². The van der Waals surface area contributed by atoms with Crippen molar-refractivity contribution in [3.8, 4) is 11.8 Å². The standard InChI is InChI=1S/C23H18F3N5O/c1-13-5-8-18-21(17(13)9-6-14-7-10-20(30-28)19(27)11-14)32-31-22(18)29-16-4-2-3-15(12-16)23(24,25)26/h2-5,7-8,10-12,30H,27-28H2,1H3,(H,29,31). The second kappa shape index (κ2) is 8.17. The van der Waals surface area contributed by atoms with Crippen LogP contribution >= 0.6 is 0 Å². The van der Waals surface area contributed by atoms with E-state index in [1.807, 2.05) is 13.0 Å². The van der Waals surface area contributed by atoms with Crippen molar-refractivity contribution in [3.05, 3.63) is 76.9 Å². The number of hydrogen-bond acceptors (Lipinski definition) is 6. The predicted octanol–water partition coefficient (Wildman–Crippen LogP) is 5.17. The maximum atomic E-state index is 13.0. The predicted molar refractivity (Wildman–Crippen MR) is 118 cm³/mol. The Kier molecular flexibility index (Phi) is 5.38. The average Bonchev–Trinajstić information content (AvgIpc) is 3.15. The van der Waals surface area contributed by atoms with Gasteiger partial charge >= 0.3 is 6.18 Å². The Morgan fingerprint density at radius 3 is 2.56 bits per heavy atom. The molecule has 0 aliphatic carbocycles. The summed E-state index contributed by atoms with van der Waals surface area (Å²) < 4.78 is 44.5. The van der Waals surface area contributed by atoms with Crippen molar-refractivity contribution in [2.75, 3.05) is 16.5 Å². The lowest BCUT2D eigenvalue weighted by molar-refractivity contribution is -0.137. The van der Waals surface area contributed by atoms with Crippen LogP contribution in [0.5, 0.6) is 0 Å². The van der Waals surface area contributed by atoms with Crippen LogP contribution in [-0.2, 0) is 6.18 Å². The molecule has 1 heterocycles. The summed E-state index contributed by atoms with van der Waals surface area (Å²) in [4.78, 5) is 0. The van der Waals surface area contributed by atoms with Crippen LogP contribution in [0.1, 0.15) is 22.3 Å². The molecule has 0 amide bonds. The summed E-state index contributed by atoms with van der Waals surface area (Å²) in [5.41, 5.74) is 11.5. The van der Waals surface area contributed by atoms with E-state index in [0.29, 0.717) is 39.3 Å². The summed E-state index contributed by atoms with van der Waals surface area (Å²) in [6.07, 6.45) is -4.44. The number of fused-ring (bicyclic) bond motifs is 1. The first-order valence-electron chi connectivity index (χ1n) is 9.47. The quantitative estimate of drug-likeness (QED) is 0.153. The van der Waals surface area contributed by atoms with Crippen molar-refractivity contribution in [1.29, 1.82) is 0 Å². The second-order valence-electron chi connectivity index (χ2n) is 7.07. The molecule has 3 aromatic carbocycles. The topological polar surface area (TPSA) is 102 Å². The molecule has 0 bridgehead atoms. The number of nitrogen functional groups attached to an aromatic ring is 2. The van der Waals surface area contributed by atoms with Crippen molar-refractivity contribution >= 4 is 33.8 Å². The van der Waals surface area contributed by atoms with Crippen molar-refractivity contribution in [2.24, 2.45) is 5.84 Å². The number of rotatable bonds is 3. The summed E-state index contributed by atoms with van der Waals surface area (Å²) in [5, 5.41) is 7.49. The van der Waals surface area contributed by atoms with Crippen molar-refractivity contribution in [1.82, 2.24) is 5.16 Å². The van der Waals surface area contributed by atoms with Gasteiger partial charge in [0.25, 0.3) is 0 Å². The van der Waals surface area contributed by atoms with E-state index in [1.165, 1.54) is 12.1 Å². The first-order chi connectivity index (χ1) is 15.3. The third-order valence-electron chi connectivity index (χ3n) is 4.84. The third-order valence-corrected chi connectivity index (χ3v) is 4.84. The zero-order valence-electron chi connectivity index (χ0n) is 16.8. The van der Waals surface area contributed by atoms with Crippen LogP contribution in [0.3, 0.4) is 0 Å². The summed E-state index contributed by atoms with van der Waals surface area (Å²) in [7, 11) is 0. The SMILES string of the molecule is Cc1ccc2c(Nc3cccc(C(F)(F)F)c3)noc2c1C#Cc1ccc(NN)c(N)c1. The zero-order chi connectivity index (χ0) is 22.9. The average molecular weight is 437 g/mol. The number of nitrogens with one attached hydrogen (secondary N) is 2. The van der Waals surface area contributed by atoms with Gasteiger partial charge in [-0.25, -0.2) is 0 Å². The molecule has 162 valence electrons. The van der Waals surface area contributed by atoms with Gasteiger partial charge in [-0.2, -0.15) is 13.2 Å². The molecule has 0 saturated carbocycles. The molecule has 0 atom stereocenters. The number of anilines is 4. The van der Waals surface area contributed by atoms with E-state index >= 15 is 0 Å². The Balaban J connectivity index is 1.69. The molecule has 0 fully saturated rings. The Bertz CT molecular complexity index is 1370. The number of benzene rings is 3. The van der Waals surface area contributed by atoms with Crippen molar-refractivity contribution in [3.63, 3.8) is 0 Å². The van der Waals surface area contributed by atoms with Crippen LogP contribution in [0, 0.1) is 18.8 Å². The van der Waals surface area contributed by atoms with E-state index < -0.39 is 11.7 Å². The van der Waals surface area contributed by atoms with Gasteiger partial charge in [0, 0.05) is 11.3 Å². The number of hydrogen-bond donors (Lipinski definition) is 4. The van der Waals surface area contributed by atoms with E-state index in [1.54, 1.807) is 24.3 Å². The van der Waals surface area contributed by atoms with Gasteiger partial charge in [0.15, 0.2) is 11.4 Å². The molecular formula is C23H18F3N5O. The maximum Gasteiger partial charge on any atom is 0.416 e. The molecule has 0 aliphatic rings. The maximum absolute atomic E-state index is 13.0. The molecule has 6 nitrogen and oxygen atoms in total. The molecule has 4 aromatic rings. The lowest BCUT2D eigenvalue weighted by atomic mass is 10.0. The van der Waals surface area contributed by atoms with Crippen LogP contribution in [0.25, 0.3) is 11.0 Å². The summed E-state index contributed by atoms with van der Waals surface area (Å²) >= 11 is 0. The van der Waals surface area contributed by atoms with E-state index in [0.717, 1.165) is 17.7 Å². The van der Waals surface area contributed by atoms with Gasteiger partial charge in [-0.1, -0.05) is 29.1 Å². The minimum Gasteiger partial charge on any atom is -0.397 e. The number of alkyl halides is 3. The van der Waals surface area contributed by atoms with Crippen molar-refractivity contribution < 1.29 is 17.7 Å². The van der Waals surface area contributed by atoms with Crippen molar-refractivity contribution in [2.45, 2.75) is 13.1 Å². The highest BCUT2D eigenvalue weighted by molar-refractivity contribution is 5.94. The van der Waals surface area contributed by atoms with Gasteiger partial charge < -0.3 is 21.0 Å². The fourth-order valence-corrected chi connectivity index (χ4v) is 3.16. The Labute approximate surface area is 181 Å². The molecule has 0 spiro atoms. The second-order valence-corrected chi connectivity index (χ2v) is 7.07. The first kappa shape index (κ1) is 21.1. The minimum atomic E-state index is -4.44. The van der Waals surface area contributed by atoms with Crippen LogP contribution in [0.2, 0.25) is 0 Å². The number of aromatic nitrogens is 1. The van der Waals surface area contributed by atoms with Crippen LogP contribution < -0.4 is 22.3 Å². The van der Waals surface area contributed by atoms with E-state index in [2.05, 4.69) is 27.7 Å². The molecule has 6 N–H and O–H groups in total. The molecule has 0 saturated heterocycles. The third kappa shape index (κ3) is 4.17. The normalized spacial score (nSPS) is 11.2. The number of nitrogens with zero attached hydrogens (tertiary/aromatic N) is 1. The molecule has 32 heavy (non-hydrogen) atoms. The van der Waals surface area contributed by atoms with Crippen LogP contribution in [0.4, 0.5) is 36.1 Å². The molecule has 4 rings (SSSR count). The summed E-state index contributed by atoms with van der Waals surface area (Å²) in [6.45, 7) is 1.88. The van der Waals surface area contributed by atoms with Crippen LogP contribution in [0.15, 0.2) is 59.1 Å². The Morgan fingerprint density at radius 2 is 1.84 bits per heavy atom. The molecule has 1 aromatic heterocycles. The monoisotopic (exact) mass is 437 g/mol. The highest BCUT2D eigenvalue weighted by atomic mass is 19.4. The summed E-state index contributed by atoms with van der Waals surface area (Å²) in [6, 6.07) is 13.7. The Morgan fingerprint density at radius 1 is 1.03 bits per heavy atom. The number of halogens is 3. The highest BCUT2D eigenvalue weighted by Gasteiger charge is 2.30. The minimum absolute atomic E-state index is 0.243. The number of aryl methyl sites for hydroxylation is 1. The smallest absolute Gasteiger partial charge is 0.397 e. The van der Waals surface area contributed by atoms with E-state index in [-0.39, 0.29) is 5.69 Å². The van der Waals surface area contributed by atoms with Gasteiger partial charge in [-0.15, -0.1) is 0 Å². The Hall–Kier alpha value is -4.16. The zero-order valence-corrected chi connectivity index (χ0v) is 16.8. The number of hydrazine groups is 1. The van der Waals surface area contributed by atoms with Gasteiger partial charge in [0.2, 0.25) is 0 Å². The van der Waals surface area contributed by atoms with Crippen LogP contribution in [-0.4, -0.2) is 5.16 Å². The molecule has 0 radical (unpaired) electrons. The first-order valence-corrected chi connectivity index (χ1v) is 9.47. The number of nitrogens with two attached hydrogens (primary N) is 2. The lowest BCUT2D eigenvalue weighted by Crippen LogP contribution is -2.08. The van der Waals surface area contributed by atoms with Gasteiger partial charge in [-0.05, 0) is 55.0 Å². The largest absolute Gasteiger partial charge is 0.416 e. The highest BCUT2D eigenvalue weighted by Crippen LogP contribution is 2.33. The summed E-state index contributed by atoms with van der Waals surface area (Å²) in [5.74, 6) is 11.8. The van der Waals surface area contributed by atoms with E-state index in [9.17, 15) is 13.2 Å². The van der Waals surface area contributed by atoms with Gasteiger partial charge in [-0.3, -0.25) is 5.84 Å². The molecular weight excluding hydrogens is 419 g/mol. The van der Waals surface area contributed by atoms with E-state index in [4.69, 9.17) is 16.1 Å². The molecule has 0 unspecified atom stereocenters.